The lowest BCUT2D eigenvalue weighted by atomic mass is 10.0. The standard InChI is InChI=1S/C36H33ClN4O3S/c1-4-40(5-2)24-44-30-16-14-29(15-17-30)41(35-22-25(3)39-34-23-28(37)13-20-33(34)35)45(42,43)31-18-11-26(12-19-31)32-10-6-8-27-9-7-21-38-36(27)32/h6-23H,4-5,24H2,1-3H3. The van der Waals surface area contributed by atoms with Crippen LogP contribution >= 0.6 is 11.6 Å². The van der Waals surface area contributed by atoms with Crippen LogP contribution in [-0.4, -0.2) is 43.1 Å². The summed E-state index contributed by atoms with van der Waals surface area (Å²) in [5.74, 6) is 0.651. The third-order valence-corrected chi connectivity index (χ3v) is 9.80. The van der Waals surface area contributed by atoms with Gasteiger partial charge in [0.15, 0.2) is 0 Å². The van der Waals surface area contributed by atoms with Crippen molar-refractivity contribution >= 4 is 54.8 Å². The molecule has 4 aromatic carbocycles. The molecule has 7 nitrogen and oxygen atoms in total. The van der Waals surface area contributed by atoms with Gasteiger partial charge in [0.25, 0.3) is 10.0 Å². The summed E-state index contributed by atoms with van der Waals surface area (Å²) < 4.78 is 36.6. The average molecular weight is 637 g/mol. The lowest BCUT2D eigenvalue weighted by molar-refractivity contribution is 0.137. The summed E-state index contributed by atoms with van der Waals surface area (Å²) in [5, 5.41) is 2.20. The Morgan fingerprint density at radius 1 is 0.844 bits per heavy atom. The number of aromatic nitrogens is 2. The zero-order chi connectivity index (χ0) is 31.6. The van der Waals surface area contributed by atoms with E-state index in [9.17, 15) is 8.42 Å². The molecule has 0 N–H and O–H groups in total. The minimum absolute atomic E-state index is 0.151. The molecule has 0 saturated heterocycles. The topological polar surface area (TPSA) is 75.6 Å². The van der Waals surface area contributed by atoms with Crippen molar-refractivity contribution in [2.45, 2.75) is 25.7 Å². The lowest BCUT2D eigenvalue weighted by Gasteiger charge is -2.27. The second-order valence-electron chi connectivity index (χ2n) is 10.7. The van der Waals surface area contributed by atoms with Gasteiger partial charge in [0, 0.05) is 33.2 Å². The minimum Gasteiger partial charge on any atom is -0.478 e. The van der Waals surface area contributed by atoms with Crippen LogP contribution in [0.15, 0.2) is 114 Å². The second-order valence-corrected chi connectivity index (χ2v) is 12.9. The van der Waals surface area contributed by atoms with Crippen molar-refractivity contribution in [1.29, 1.82) is 0 Å². The van der Waals surface area contributed by atoms with E-state index in [0.29, 0.717) is 45.5 Å². The van der Waals surface area contributed by atoms with E-state index in [1.54, 1.807) is 66.9 Å². The Labute approximate surface area is 268 Å². The number of aryl methyl sites for hydroxylation is 1. The van der Waals surface area contributed by atoms with Crippen LogP contribution < -0.4 is 9.04 Å². The van der Waals surface area contributed by atoms with Crippen molar-refractivity contribution in [2.75, 3.05) is 24.1 Å². The van der Waals surface area contributed by atoms with E-state index < -0.39 is 10.0 Å². The molecular weight excluding hydrogens is 604 g/mol. The number of fused-ring (bicyclic) bond motifs is 2. The molecule has 0 fully saturated rings. The Kier molecular flexibility index (Phi) is 8.72. The quantitative estimate of drug-likeness (QED) is 0.140. The van der Waals surface area contributed by atoms with E-state index >= 15 is 0 Å². The molecule has 0 bridgehead atoms. The third kappa shape index (κ3) is 6.22. The van der Waals surface area contributed by atoms with Crippen LogP contribution in [0.5, 0.6) is 5.75 Å². The van der Waals surface area contributed by atoms with Crippen LogP contribution in [0.25, 0.3) is 32.9 Å². The van der Waals surface area contributed by atoms with Crippen molar-refractivity contribution in [3.8, 4) is 16.9 Å². The average Bonchev–Trinajstić information content (AvgIpc) is 3.05. The van der Waals surface area contributed by atoms with Gasteiger partial charge in [0.05, 0.1) is 27.3 Å². The van der Waals surface area contributed by atoms with E-state index in [1.165, 1.54) is 4.31 Å². The van der Waals surface area contributed by atoms with E-state index in [0.717, 1.165) is 35.1 Å². The highest BCUT2D eigenvalue weighted by atomic mass is 35.5. The van der Waals surface area contributed by atoms with E-state index in [4.69, 9.17) is 16.3 Å². The monoisotopic (exact) mass is 636 g/mol. The van der Waals surface area contributed by atoms with Gasteiger partial charge >= 0.3 is 0 Å². The zero-order valence-corrected chi connectivity index (χ0v) is 26.9. The van der Waals surface area contributed by atoms with Crippen LogP contribution in [-0.2, 0) is 10.0 Å². The van der Waals surface area contributed by atoms with Crippen LogP contribution in [0.4, 0.5) is 11.4 Å². The van der Waals surface area contributed by atoms with Crippen LogP contribution in [0.3, 0.4) is 0 Å². The first kappa shape index (κ1) is 30.5. The van der Waals surface area contributed by atoms with Gasteiger partial charge in [0.1, 0.15) is 12.5 Å². The van der Waals surface area contributed by atoms with Crippen LogP contribution in [0.1, 0.15) is 19.5 Å². The van der Waals surface area contributed by atoms with Gasteiger partial charge in [0.2, 0.25) is 0 Å². The Bertz CT molecular complexity index is 2070. The normalized spacial score (nSPS) is 11.8. The lowest BCUT2D eigenvalue weighted by Crippen LogP contribution is -2.28. The van der Waals surface area contributed by atoms with E-state index in [2.05, 4.69) is 28.7 Å². The zero-order valence-electron chi connectivity index (χ0n) is 25.3. The third-order valence-electron chi connectivity index (χ3n) is 7.81. The molecule has 0 radical (unpaired) electrons. The highest BCUT2D eigenvalue weighted by Gasteiger charge is 2.29. The molecule has 9 heteroatoms. The number of nitrogens with zero attached hydrogens (tertiary/aromatic N) is 4. The fourth-order valence-electron chi connectivity index (χ4n) is 5.39. The van der Waals surface area contributed by atoms with Crippen LogP contribution in [0.2, 0.25) is 5.02 Å². The number of hydrogen-bond donors (Lipinski definition) is 0. The van der Waals surface area contributed by atoms with Gasteiger partial charge in [-0.3, -0.25) is 14.9 Å². The predicted molar refractivity (Wildman–Crippen MR) is 183 cm³/mol. The summed E-state index contributed by atoms with van der Waals surface area (Å²) in [7, 11) is -4.11. The molecular formula is C36H33ClN4O3S. The molecule has 6 rings (SSSR count). The molecule has 0 aliphatic heterocycles. The van der Waals surface area contributed by atoms with Gasteiger partial charge < -0.3 is 4.74 Å². The first-order valence-corrected chi connectivity index (χ1v) is 16.6. The first-order chi connectivity index (χ1) is 21.8. The van der Waals surface area contributed by atoms with Gasteiger partial charge in [-0.2, -0.15) is 0 Å². The molecule has 0 amide bonds. The molecule has 0 spiro atoms. The molecule has 45 heavy (non-hydrogen) atoms. The van der Waals surface area contributed by atoms with E-state index in [-0.39, 0.29) is 4.90 Å². The predicted octanol–water partition coefficient (Wildman–Crippen LogP) is 8.62. The van der Waals surface area contributed by atoms with E-state index in [1.807, 2.05) is 49.4 Å². The summed E-state index contributed by atoms with van der Waals surface area (Å²) in [5.41, 5.74) is 4.88. The molecule has 0 aliphatic rings. The fourth-order valence-corrected chi connectivity index (χ4v) is 7.05. The SMILES string of the molecule is CCN(CC)COc1ccc(N(c2cc(C)nc3cc(Cl)ccc23)S(=O)(=O)c2ccc(-c3cccc4cccnc34)cc2)cc1. The summed E-state index contributed by atoms with van der Waals surface area (Å²) in [6.45, 7) is 8.19. The molecule has 0 saturated carbocycles. The smallest absolute Gasteiger partial charge is 0.268 e. The van der Waals surface area contributed by atoms with Crippen molar-refractivity contribution in [1.82, 2.24) is 14.9 Å². The van der Waals surface area contributed by atoms with Gasteiger partial charge in [-0.05, 0) is 92.3 Å². The number of pyridine rings is 2. The molecule has 228 valence electrons. The van der Waals surface area contributed by atoms with Crippen molar-refractivity contribution < 1.29 is 13.2 Å². The largest absolute Gasteiger partial charge is 0.478 e. The first-order valence-electron chi connectivity index (χ1n) is 14.8. The number of ether oxygens (including phenoxy) is 1. The summed E-state index contributed by atoms with van der Waals surface area (Å²) in [4.78, 5) is 11.5. The number of para-hydroxylation sites is 1. The number of hydrogen-bond acceptors (Lipinski definition) is 6. The summed E-state index contributed by atoms with van der Waals surface area (Å²) in [6, 6.07) is 31.0. The van der Waals surface area contributed by atoms with Crippen molar-refractivity contribution in [2.24, 2.45) is 0 Å². The summed E-state index contributed by atoms with van der Waals surface area (Å²) >= 11 is 6.30. The van der Waals surface area contributed by atoms with Gasteiger partial charge in [-0.1, -0.05) is 61.8 Å². The van der Waals surface area contributed by atoms with Gasteiger partial charge in [-0.25, -0.2) is 12.7 Å². The molecule has 2 aromatic heterocycles. The Morgan fingerprint density at radius 2 is 1.58 bits per heavy atom. The summed E-state index contributed by atoms with van der Waals surface area (Å²) in [6.07, 6.45) is 1.76. The molecule has 0 aliphatic carbocycles. The molecule has 2 heterocycles. The minimum atomic E-state index is -4.11. The van der Waals surface area contributed by atoms with Crippen molar-refractivity contribution in [3.63, 3.8) is 0 Å². The number of sulfonamides is 1. The van der Waals surface area contributed by atoms with Crippen molar-refractivity contribution in [3.05, 3.63) is 120 Å². The van der Waals surface area contributed by atoms with Crippen LogP contribution in [0, 0.1) is 6.92 Å². The number of anilines is 2. The maximum absolute atomic E-state index is 14.6. The highest BCUT2D eigenvalue weighted by molar-refractivity contribution is 7.93. The second kappa shape index (κ2) is 12.9. The van der Waals surface area contributed by atoms with Gasteiger partial charge in [-0.15, -0.1) is 0 Å². The number of rotatable bonds is 10. The fraction of sp³-hybridized carbons (Fsp3) is 0.167. The maximum atomic E-state index is 14.6. The Balaban J connectivity index is 1.44. The molecule has 0 atom stereocenters. The Morgan fingerprint density at radius 3 is 2.31 bits per heavy atom. The number of benzene rings is 4. The molecule has 6 aromatic rings. The highest BCUT2D eigenvalue weighted by Crippen LogP contribution is 2.39. The molecule has 0 unspecified atom stereocenters. The maximum Gasteiger partial charge on any atom is 0.268 e. The number of halogens is 1. The Hall–Kier alpha value is -4.50.